The van der Waals surface area contributed by atoms with Gasteiger partial charge in [-0.3, -0.25) is 9.69 Å². The molecule has 144 valence electrons. The van der Waals surface area contributed by atoms with E-state index < -0.39 is 0 Å². The van der Waals surface area contributed by atoms with Gasteiger partial charge < -0.3 is 10.1 Å². The summed E-state index contributed by atoms with van der Waals surface area (Å²) < 4.78 is 19.1. The van der Waals surface area contributed by atoms with Crippen LogP contribution in [-0.2, 0) is 11.3 Å². The van der Waals surface area contributed by atoms with E-state index in [1.54, 1.807) is 38.3 Å². The van der Waals surface area contributed by atoms with Crippen LogP contribution >= 0.6 is 11.6 Å². The number of hydrogen-bond acceptors (Lipinski definition) is 4. The highest BCUT2D eigenvalue weighted by atomic mass is 35.5. The number of amides is 1. The van der Waals surface area contributed by atoms with Crippen molar-refractivity contribution in [3.8, 4) is 5.75 Å². The molecule has 0 atom stereocenters. The first-order valence-corrected chi connectivity index (χ1v) is 8.93. The summed E-state index contributed by atoms with van der Waals surface area (Å²) in [5, 5.41) is 3.47. The van der Waals surface area contributed by atoms with Crippen molar-refractivity contribution < 1.29 is 13.9 Å². The summed E-state index contributed by atoms with van der Waals surface area (Å²) in [5.41, 5.74) is 2.36. The van der Waals surface area contributed by atoms with Crippen molar-refractivity contribution in [1.82, 2.24) is 4.98 Å². The summed E-state index contributed by atoms with van der Waals surface area (Å²) in [4.78, 5) is 17.4. The Kier molecular flexibility index (Phi) is 6.11. The maximum atomic E-state index is 14.0. The summed E-state index contributed by atoms with van der Waals surface area (Å²) in [6, 6.07) is 15.4. The highest BCUT2D eigenvalue weighted by Gasteiger charge is 2.16. The zero-order valence-corrected chi connectivity index (χ0v) is 16.2. The number of halogens is 2. The first-order chi connectivity index (χ1) is 13.5. The fraction of sp³-hybridized carbons (Fsp3) is 0.143. The highest BCUT2D eigenvalue weighted by Crippen LogP contribution is 2.32. The fourth-order valence-electron chi connectivity index (χ4n) is 2.67. The molecule has 7 heteroatoms. The Morgan fingerprint density at radius 3 is 2.57 bits per heavy atom. The number of ether oxygens (including phenoxy) is 1. The van der Waals surface area contributed by atoms with Gasteiger partial charge in [-0.25, -0.2) is 9.37 Å². The molecule has 0 radical (unpaired) electrons. The van der Waals surface area contributed by atoms with E-state index in [4.69, 9.17) is 16.3 Å². The predicted molar refractivity (Wildman–Crippen MR) is 109 cm³/mol. The summed E-state index contributed by atoms with van der Waals surface area (Å²) in [6.45, 7) is 2.12. The van der Waals surface area contributed by atoms with Crippen LogP contribution in [0.15, 0.2) is 54.6 Å². The van der Waals surface area contributed by atoms with Gasteiger partial charge in [0.25, 0.3) is 0 Å². The summed E-state index contributed by atoms with van der Waals surface area (Å²) in [5.74, 6) is 0.786. The van der Waals surface area contributed by atoms with E-state index in [0.29, 0.717) is 35.7 Å². The SMILES string of the molecule is COc1ccc(CNc2nc(Cl)ccc2N(C=O)c2ccc(C)c(F)c2)cc1. The number of methoxy groups -OCH3 is 1. The molecule has 1 heterocycles. The smallest absolute Gasteiger partial charge is 0.218 e. The molecule has 1 aromatic heterocycles. The van der Waals surface area contributed by atoms with Crippen molar-refractivity contribution in [3.05, 3.63) is 76.7 Å². The maximum absolute atomic E-state index is 14.0. The van der Waals surface area contributed by atoms with Crippen LogP contribution in [0.4, 0.5) is 21.6 Å². The number of benzene rings is 2. The van der Waals surface area contributed by atoms with Crippen LogP contribution in [-0.4, -0.2) is 18.5 Å². The maximum Gasteiger partial charge on any atom is 0.218 e. The monoisotopic (exact) mass is 399 g/mol. The van der Waals surface area contributed by atoms with Gasteiger partial charge in [-0.2, -0.15) is 0 Å². The minimum atomic E-state index is -0.390. The molecule has 0 saturated carbocycles. The molecule has 1 N–H and O–H groups in total. The molecular formula is C21H19ClFN3O2. The standard InChI is InChI=1S/C21H19ClFN3O2/c1-14-3-6-16(11-18(14)23)26(13-27)19-9-10-20(22)25-21(19)24-12-15-4-7-17(28-2)8-5-15/h3-11,13H,12H2,1-2H3,(H,24,25). The van der Waals surface area contributed by atoms with Gasteiger partial charge >= 0.3 is 0 Å². The van der Waals surface area contributed by atoms with E-state index in [-0.39, 0.29) is 11.0 Å². The lowest BCUT2D eigenvalue weighted by Gasteiger charge is -2.21. The lowest BCUT2D eigenvalue weighted by Crippen LogP contribution is -2.17. The minimum absolute atomic E-state index is 0.280. The van der Waals surface area contributed by atoms with Crippen LogP contribution in [0.3, 0.4) is 0 Å². The van der Waals surface area contributed by atoms with Crippen LogP contribution in [0, 0.1) is 12.7 Å². The summed E-state index contributed by atoms with van der Waals surface area (Å²) in [6.07, 6.45) is 0.619. The second-order valence-corrected chi connectivity index (χ2v) is 6.50. The quantitative estimate of drug-likeness (QED) is 0.443. The summed E-state index contributed by atoms with van der Waals surface area (Å²) >= 11 is 6.04. The van der Waals surface area contributed by atoms with Gasteiger partial charge in [0.15, 0.2) is 5.82 Å². The lowest BCUT2D eigenvalue weighted by molar-refractivity contribution is -0.106. The number of nitrogens with zero attached hydrogens (tertiary/aromatic N) is 2. The van der Waals surface area contributed by atoms with Gasteiger partial charge in [0.05, 0.1) is 18.5 Å². The van der Waals surface area contributed by atoms with Gasteiger partial charge in [-0.1, -0.05) is 29.8 Å². The Labute approximate surface area is 167 Å². The second-order valence-electron chi connectivity index (χ2n) is 6.11. The minimum Gasteiger partial charge on any atom is -0.497 e. The van der Waals surface area contributed by atoms with Crippen molar-refractivity contribution in [1.29, 1.82) is 0 Å². The van der Waals surface area contributed by atoms with E-state index in [1.807, 2.05) is 24.3 Å². The molecule has 1 amide bonds. The van der Waals surface area contributed by atoms with Gasteiger partial charge in [0.1, 0.15) is 16.7 Å². The molecule has 0 aliphatic heterocycles. The Bertz CT molecular complexity index is 980. The van der Waals surface area contributed by atoms with Crippen molar-refractivity contribution in [2.24, 2.45) is 0 Å². The van der Waals surface area contributed by atoms with Gasteiger partial charge in [-0.15, -0.1) is 0 Å². The van der Waals surface area contributed by atoms with Crippen LogP contribution in [0.2, 0.25) is 5.15 Å². The van der Waals surface area contributed by atoms with Gasteiger partial charge in [0, 0.05) is 6.54 Å². The summed E-state index contributed by atoms with van der Waals surface area (Å²) in [7, 11) is 1.61. The molecular weight excluding hydrogens is 381 g/mol. The average Bonchev–Trinajstić information content (AvgIpc) is 2.71. The molecule has 28 heavy (non-hydrogen) atoms. The zero-order chi connectivity index (χ0) is 20.1. The molecule has 0 aliphatic rings. The molecule has 0 bridgehead atoms. The van der Waals surface area contributed by atoms with Crippen molar-refractivity contribution >= 4 is 35.2 Å². The molecule has 0 fully saturated rings. The molecule has 3 rings (SSSR count). The topological polar surface area (TPSA) is 54.5 Å². The Morgan fingerprint density at radius 2 is 1.93 bits per heavy atom. The molecule has 0 aliphatic carbocycles. The van der Waals surface area contributed by atoms with E-state index in [9.17, 15) is 9.18 Å². The fourth-order valence-corrected chi connectivity index (χ4v) is 2.82. The van der Waals surface area contributed by atoms with Crippen LogP contribution < -0.4 is 15.0 Å². The number of rotatable bonds is 7. The number of anilines is 3. The number of pyridine rings is 1. The van der Waals surface area contributed by atoms with Crippen molar-refractivity contribution in [3.63, 3.8) is 0 Å². The predicted octanol–water partition coefficient (Wildman–Crippen LogP) is 5.10. The molecule has 2 aromatic carbocycles. The van der Waals surface area contributed by atoms with Crippen LogP contribution in [0.1, 0.15) is 11.1 Å². The number of carbonyl (C=O) groups is 1. The Morgan fingerprint density at radius 1 is 1.18 bits per heavy atom. The molecule has 0 spiro atoms. The zero-order valence-electron chi connectivity index (χ0n) is 15.4. The number of carbonyl (C=O) groups excluding carboxylic acids is 1. The first-order valence-electron chi connectivity index (χ1n) is 8.56. The number of aryl methyl sites for hydroxylation is 1. The normalized spacial score (nSPS) is 10.4. The number of nitrogens with one attached hydrogen (secondary N) is 1. The average molecular weight is 400 g/mol. The van der Waals surface area contributed by atoms with E-state index in [2.05, 4.69) is 10.3 Å². The lowest BCUT2D eigenvalue weighted by atomic mass is 10.2. The van der Waals surface area contributed by atoms with Gasteiger partial charge in [-0.05, 0) is 54.4 Å². The second kappa shape index (κ2) is 8.71. The van der Waals surface area contributed by atoms with Gasteiger partial charge in [0.2, 0.25) is 6.41 Å². The first kappa shape index (κ1) is 19.6. The number of aromatic nitrogens is 1. The molecule has 0 saturated heterocycles. The Balaban J connectivity index is 1.89. The Hall–Kier alpha value is -3.12. The molecule has 3 aromatic rings. The van der Waals surface area contributed by atoms with Crippen LogP contribution in [0.5, 0.6) is 5.75 Å². The molecule has 5 nitrogen and oxygen atoms in total. The van der Waals surface area contributed by atoms with Crippen LogP contribution in [0.25, 0.3) is 0 Å². The largest absolute Gasteiger partial charge is 0.497 e. The molecule has 0 unspecified atom stereocenters. The van der Waals surface area contributed by atoms with E-state index >= 15 is 0 Å². The van der Waals surface area contributed by atoms with E-state index in [0.717, 1.165) is 11.3 Å². The number of hydrogen-bond donors (Lipinski definition) is 1. The van der Waals surface area contributed by atoms with Crippen molar-refractivity contribution in [2.75, 3.05) is 17.3 Å². The third-order valence-corrected chi connectivity index (χ3v) is 4.47. The van der Waals surface area contributed by atoms with Crippen molar-refractivity contribution in [2.45, 2.75) is 13.5 Å². The highest BCUT2D eigenvalue weighted by molar-refractivity contribution is 6.29. The third kappa shape index (κ3) is 4.40. The third-order valence-electron chi connectivity index (χ3n) is 4.26. The van der Waals surface area contributed by atoms with E-state index in [1.165, 1.54) is 11.0 Å².